The van der Waals surface area contributed by atoms with E-state index >= 15 is 0 Å². The molecule has 0 aliphatic carbocycles. The Bertz CT molecular complexity index is 572. The monoisotopic (exact) mass is 307 g/mol. The lowest BCUT2D eigenvalue weighted by Gasteiger charge is -2.32. The predicted molar refractivity (Wildman–Crippen MR) is 75.5 cm³/mol. The van der Waals surface area contributed by atoms with Crippen LogP contribution in [0, 0.1) is 0 Å². The maximum atomic E-state index is 12.4. The fourth-order valence-corrected chi connectivity index (χ4v) is 2.19. The molecule has 1 aromatic heterocycles. The standard InChI is InChI=1S/C14H17N3O5/c1-15-13(20)11-3-2-9(7-16-11)14(21)17-4-5-22-10(8-17)6-12(18)19/h2-3,7,10H,4-6,8H2,1H3,(H,15,20)(H,18,19). The quantitative estimate of drug-likeness (QED) is 0.794. The number of aliphatic carboxylic acids is 1. The second kappa shape index (κ2) is 6.99. The molecule has 1 aromatic rings. The van der Waals surface area contributed by atoms with Gasteiger partial charge in [-0.3, -0.25) is 19.4 Å². The number of amides is 2. The molecule has 118 valence electrons. The summed E-state index contributed by atoms with van der Waals surface area (Å²) in [6, 6.07) is 3.00. The van der Waals surface area contributed by atoms with Gasteiger partial charge in [0.25, 0.3) is 11.8 Å². The van der Waals surface area contributed by atoms with E-state index in [1.165, 1.54) is 30.3 Å². The predicted octanol–water partition coefficient (Wildman–Crippen LogP) is -0.243. The van der Waals surface area contributed by atoms with E-state index in [9.17, 15) is 14.4 Å². The Balaban J connectivity index is 2.04. The molecule has 2 heterocycles. The summed E-state index contributed by atoms with van der Waals surface area (Å²) in [5.41, 5.74) is 0.577. The zero-order valence-corrected chi connectivity index (χ0v) is 12.1. The molecule has 0 saturated carbocycles. The van der Waals surface area contributed by atoms with E-state index in [2.05, 4.69) is 10.3 Å². The lowest BCUT2D eigenvalue weighted by atomic mass is 10.1. The Morgan fingerprint density at radius 1 is 1.45 bits per heavy atom. The number of carboxylic acids is 1. The van der Waals surface area contributed by atoms with Gasteiger partial charge in [-0.05, 0) is 12.1 Å². The summed E-state index contributed by atoms with van der Waals surface area (Å²) in [7, 11) is 1.50. The first-order valence-corrected chi connectivity index (χ1v) is 6.82. The fraction of sp³-hybridized carbons (Fsp3) is 0.429. The Hall–Kier alpha value is -2.48. The highest BCUT2D eigenvalue weighted by atomic mass is 16.5. The molecule has 1 atom stereocenters. The number of hydrogen-bond acceptors (Lipinski definition) is 5. The van der Waals surface area contributed by atoms with Crippen molar-refractivity contribution in [3.8, 4) is 0 Å². The first kappa shape index (κ1) is 15.9. The number of pyridine rings is 1. The van der Waals surface area contributed by atoms with Crippen LogP contribution in [0.2, 0.25) is 0 Å². The number of carbonyl (C=O) groups excluding carboxylic acids is 2. The van der Waals surface area contributed by atoms with Crippen molar-refractivity contribution in [2.45, 2.75) is 12.5 Å². The number of aromatic nitrogens is 1. The zero-order valence-electron chi connectivity index (χ0n) is 12.1. The van der Waals surface area contributed by atoms with Crippen LogP contribution in [0.4, 0.5) is 0 Å². The number of hydrogen-bond donors (Lipinski definition) is 2. The molecule has 22 heavy (non-hydrogen) atoms. The minimum atomic E-state index is -0.962. The largest absolute Gasteiger partial charge is 0.481 e. The zero-order chi connectivity index (χ0) is 16.1. The number of carbonyl (C=O) groups is 3. The second-order valence-corrected chi connectivity index (χ2v) is 4.85. The summed E-state index contributed by atoms with van der Waals surface area (Å²) in [5.74, 6) is -1.54. The van der Waals surface area contributed by atoms with Gasteiger partial charge in [0.15, 0.2) is 0 Å². The summed E-state index contributed by atoms with van der Waals surface area (Å²) in [4.78, 5) is 40.0. The van der Waals surface area contributed by atoms with Gasteiger partial charge in [0.1, 0.15) is 5.69 Å². The van der Waals surface area contributed by atoms with Gasteiger partial charge < -0.3 is 20.1 Å². The average Bonchev–Trinajstić information content (AvgIpc) is 2.53. The Kier molecular flexibility index (Phi) is 5.05. The van der Waals surface area contributed by atoms with Gasteiger partial charge >= 0.3 is 5.97 Å². The summed E-state index contributed by atoms with van der Waals surface area (Å²) in [6.07, 6.45) is 0.694. The van der Waals surface area contributed by atoms with E-state index in [1.807, 2.05) is 0 Å². The first-order chi connectivity index (χ1) is 10.5. The highest BCUT2D eigenvalue weighted by molar-refractivity contribution is 5.96. The highest BCUT2D eigenvalue weighted by Crippen LogP contribution is 2.12. The number of carboxylic acid groups (broad SMARTS) is 1. The molecule has 1 aliphatic rings. The average molecular weight is 307 g/mol. The third kappa shape index (κ3) is 3.79. The van der Waals surface area contributed by atoms with Crippen LogP contribution < -0.4 is 5.32 Å². The molecule has 8 nitrogen and oxygen atoms in total. The molecule has 1 unspecified atom stereocenters. The van der Waals surface area contributed by atoms with Crippen molar-refractivity contribution in [3.63, 3.8) is 0 Å². The van der Waals surface area contributed by atoms with E-state index in [-0.39, 0.29) is 30.5 Å². The number of morpholine rings is 1. The van der Waals surface area contributed by atoms with Crippen LogP contribution in [0.15, 0.2) is 18.3 Å². The maximum Gasteiger partial charge on any atom is 0.306 e. The number of rotatable bonds is 4. The summed E-state index contributed by atoms with van der Waals surface area (Å²) in [5, 5.41) is 11.2. The smallest absolute Gasteiger partial charge is 0.306 e. The van der Waals surface area contributed by atoms with Crippen molar-refractivity contribution in [2.75, 3.05) is 26.7 Å². The minimum Gasteiger partial charge on any atom is -0.481 e. The minimum absolute atomic E-state index is 0.141. The van der Waals surface area contributed by atoms with Gasteiger partial charge in [0, 0.05) is 26.3 Å². The van der Waals surface area contributed by atoms with Gasteiger partial charge in [-0.2, -0.15) is 0 Å². The Morgan fingerprint density at radius 3 is 2.82 bits per heavy atom. The van der Waals surface area contributed by atoms with Gasteiger partial charge in [-0.15, -0.1) is 0 Å². The summed E-state index contributed by atoms with van der Waals surface area (Å²) in [6.45, 7) is 0.919. The van der Waals surface area contributed by atoms with Crippen molar-refractivity contribution in [2.24, 2.45) is 0 Å². The third-order valence-electron chi connectivity index (χ3n) is 3.30. The highest BCUT2D eigenvalue weighted by Gasteiger charge is 2.26. The lowest BCUT2D eigenvalue weighted by molar-refractivity contribution is -0.141. The normalized spacial score (nSPS) is 17.9. The van der Waals surface area contributed by atoms with Gasteiger partial charge in [0.05, 0.1) is 24.7 Å². The molecule has 8 heteroatoms. The first-order valence-electron chi connectivity index (χ1n) is 6.82. The van der Waals surface area contributed by atoms with Crippen molar-refractivity contribution >= 4 is 17.8 Å². The van der Waals surface area contributed by atoms with Gasteiger partial charge in [-0.25, -0.2) is 0 Å². The van der Waals surface area contributed by atoms with Crippen LogP contribution in [0.1, 0.15) is 27.3 Å². The third-order valence-corrected chi connectivity index (χ3v) is 3.30. The number of nitrogens with one attached hydrogen (secondary N) is 1. The SMILES string of the molecule is CNC(=O)c1ccc(C(=O)N2CCOC(CC(=O)O)C2)cn1. The molecular formula is C14H17N3O5. The molecule has 2 amide bonds. The van der Waals surface area contributed by atoms with Crippen LogP contribution in [-0.4, -0.2) is 65.6 Å². The molecule has 1 fully saturated rings. The molecule has 0 spiro atoms. The topological polar surface area (TPSA) is 109 Å². The van der Waals surface area contributed by atoms with Gasteiger partial charge in [0.2, 0.25) is 0 Å². The maximum absolute atomic E-state index is 12.4. The molecule has 1 aliphatic heterocycles. The van der Waals surface area contributed by atoms with E-state index in [0.717, 1.165) is 0 Å². The lowest BCUT2D eigenvalue weighted by Crippen LogP contribution is -2.46. The van der Waals surface area contributed by atoms with Crippen molar-refractivity contribution in [1.82, 2.24) is 15.2 Å². The number of ether oxygens (including phenoxy) is 1. The van der Waals surface area contributed by atoms with E-state index in [0.29, 0.717) is 18.7 Å². The van der Waals surface area contributed by atoms with Crippen LogP contribution >= 0.6 is 0 Å². The molecule has 0 aromatic carbocycles. The van der Waals surface area contributed by atoms with Gasteiger partial charge in [-0.1, -0.05) is 0 Å². The van der Waals surface area contributed by atoms with E-state index in [4.69, 9.17) is 9.84 Å². The fourth-order valence-electron chi connectivity index (χ4n) is 2.19. The molecule has 0 radical (unpaired) electrons. The summed E-state index contributed by atoms with van der Waals surface area (Å²) < 4.78 is 5.33. The molecular weight excluding hydrogens is 290 g/mol. The molecule has 2 N–H and O–H groups in total. The molecule has 0 bridgehead atoms. The Morgan fingerprint density at radius 2 is 2.23 bits per heavy atom. The van der Waals surface area contributed by atoms with Crippen LogP contribution in [0.5, 0.6) is 0 Å². The molecule has 1 saturated heterocycles. The van der Waals surface area contributed by atoms with E-state index in [1.54, 1.807) is 0 Å². The second-order valence-electron chi connectivity index (χ2n) is 4.85. The van der Waals surface area contributed by atoms with E-state index < -0.39 is 12.1 Å². The van der Waals surface area contributed by atoms with Crippen LogP contribution in [0.3, 0.4) is 0 Å². The number of nitrogens with zero attached hydrogens (tertiary/aromatic N) is 2. The van der Waals surface area contributed by atoms with Crippen LogP contribution in [0.25, 0.3) is 0 Å². The molecule has 2 rings (SSSR count). The van der Waals surface area contributed by atoms with Crippen LogP contribution in [-0.2, 0) is 9.53 Å². The van der Waals surface area contributed by atoms with Crippen molar-refractivity contribution in [3.05, 3.63) is 29.6 Å². The Labute approximate surface area is 127 Å². The summed E-state index contributed by atoms with van der Waals surface area (Å²) >= 11 is 0. The van der Waals surface area contributed by atoms with Crippen molar-refractivity contribution < 1.29 is 24.2 Å². The van der Waals surface area contributed by atoms with Crippen molar-refractivity contribution in [1.29, 1.82) is 0 Å².